The predicted molar refractivity (Wildman–Crippen MR) is 64.3 cm³/mol. The summed E-state index contributed by atoms with van der Waals surface area (Å²) in [6, 6.07) is 5.57. The zero-order valence-corrected chi connectivity index (χ0v) is 9.82. The van der Waals surface area contributed by atoms with Gasteiger partial charge in [0.05, 0.1) is 4.92 Å². The number of pyridine rings is 1. The minimum Gasteiger partial charge on any atom is -0.477 e. The fraction of sp³-hybridized carbons (Fsp3) is 0. The summed E-state index contributed by atoms with van der Waals surface area (Å²) >= 11 is 0. The highest BCUT2D eigenvalue weighted by atomic mass is 19.1. The van der Waals surface area contributed by atoms with Crippen LogP contribution in [0.3, 0.4) is 0 Å². The van der Waals surface area contributed by atoms with Crippen LogP contribution in [-0.4, -0.2) is 21.0 Å². The summed E-state index contributed by atoms with van der Waals surface area (Å²) in [7, 11) is 0. The average Bonchev–Trinajstić information content (AvgIpc) is 2.41. The lowest BCUT2D eigenvalue weighted by molar-refractivity contribution is -0.385. The molecule has 0 aliphatic rings. The van der Waals surface area contributed by atoms with Crippen molar-refractivity contribution >= 4 is 11.7 Å². The fourth-order valence-electron chi connectivity index (χ4n) is 1.45. The fourth-order valence-corrected chi connectivity index (χ4v) is 1.45. The number of nitro benzene ring substituents is 1. The number of hydrogen-bond acceptors (Lipinski definition) is 5. The Hall–Kier alpha value is -3.03. The van der Waals surface area contributed by atoms with E-state index in [1.54, 1.807) is 0 Å². The Labute approximate surface area is 111 Å². The first-order chi connectivity index (χ1) is 9.49. The van der Waals surface area contributed by atoms with E-state index >= 15 is 0 Å². The normalized spacial score (nSPS) is 10.1. The molecule has 1 aromatic heterocycles. The van der Waals surface area contributed by atoms with E-state index in [9.17, 15) is 19.3 Å². The Morgan fingerprint density at radius 1 is 1.40 bits per heavy atom. The monoisotopic (exact) mass is 278 g/mol. The molecule has 20 heavy (non-hydrogen) atoms. The number of halogens is 1. The number of aromatic carboxylic acids is 1. The van der Waals surface area contributed by atoms with Gasteiger partial charge in [-0.25, -0.2) is 14.2 Å². The molecule has 1 heterocycles. The molecule has 0 spiro atoms. The van der Waals surface area contributed by atoms with Gasteiger partial charge in [-0.2, -0.15) is 0 Å². The van der Waals surface area contributed by atoms with E-state index in [0.29, 0.717) is 0 Å². The number of carboxylic acid groups (broad SMARTS) is 1. The second kappa shape index (κ2) is 5.31. The third-order valence-corrected chi connectivity index (χ3v) is 2.31. The molecule has 0 radical (unpaired) electrons. The third-order valence-electron chi connectivity index (χ3n) is 2.31. The van der Waals surface area contributed by atoms with Crippen molar-refractivity contribution < 1.29 is 24.0 Å². The lowest BCUT2D eigenvalue weighted by atomic mass is 10.3. The quantitative estimate of drug-likeness (QED) is 0.681. The minimum absolute atomic E-state index is 0.0643. The molecule has 0 saturated carbocycles. The summed E-state index contributed by atoms with van der Waals surface area (Å²) < 4.78 is 18.7. The molecule has 0 aliphatic heterocycles. The molecule has 2 aromatic rings. The van der Waals surface area contributed by atoms with Gasteiger partial charge < -0.3 is 9.84 Å². The summed E-state index contributed by atoms with van der Waals surface area (Å²) in [5.41, 5.74) is -0.875. The highest BCUT2D eigenvalue weighted by Crippen LogP contribution is 2.33. The van der Waals surface area contributed by atoms with E-state index < -0.39 is 28.1 Å². The van der Waals surface area contributed by atoms with Gasteiger partial charge in [0.25, 0.3) is 0 Å². The highest BCUT2D eigenvalue weighted by Gasteiger charge is 2.20. The van der Waals surface area contributed by atoms with Crippen LogP contribution in [0.5, 0.6) is 11.5 Å². The van der Waals surface area contributed by atoms with E-state index in [-0.39, 0.29) is 11.4 Å². The van der Waals surface area contributed by atoms with Gasteiger partial charge in [0.1, 0.15) is 5.75 Å². The molecule has 102 valence electrons. The van der Waals surface area contributed by atoms with Gasteiger partial charge in [0, 0.05) is 18.3 Å². The lowest BCUT2D eigenvalue weighted by Gasteiger charge is -2.07. The Kier molecular flexibility index (Phi) is 3.56. The van der Waals surface area contributed by atoms with Crippen molar-refractivity contribution in [2.75, 3.05) is 0 Å². The Morgan fingerprint density at radius 2 is 2.15 bits per heavy atom. The third kappa shape index (κ3) is 2.69. The second-order valence-electron chi connectivity index (χ2n) is 3.63. The van der Waals surface area contributed by atoms with Crippen LogP contribution in [0.4, 0.5) is 10.1 Å². The van der Waals surface area contributed by atoms with Gasteiger partial charge in [0.15, 0.2) is 11.5 Å². The van der Waals surface area contributed by atoms with Gasteiger partial charge in [0.2, 0.25) is 5.75 Å². The van der Waals surface area contributed by atoms with Gasteiger partial charge in [-0.3, -0.25) is 10.1 Å². The first-order valence-electron chi connectivity index (χ1n) is 5.29. The largest absolute Gasteiger partial charge is 0.477 e. The van der Waals surface area contributed by atoms with Crippen LogP contribution < -0.4 is 4.74 Å². The number of benzene rings is 1. The molecule has 0 atom stereocenters. The summed E-state index contributed by atoms with van der Waals surface area (Å²) in [6.07, 6.45) is 1.14. The van der Waals surface area contributed by atoms with Crippen molar-refractivity contribution in [3.63, 3.8) is 0 Å². The second-order valence-corrected chi connectivity index (χ2v) is 3.63. The van der Waals surface area contributed by atoms with Crippen LogP contribution >= 0.6 is 0 Å². The first kappa shape index (κ1) is 13.4. The number of para-hydroxylation sites is 1. The van der Waals surface area contributed by atoms with E-state index in [2.05, 4.69) is 4.98 Å². The van der Waals surface area contributed by atoms with E-state index in [0.717, 1.165) is 24.4 Å². The van der Waals surface area contributed by atoms with E-state index in [1.807, 2.05) is 0 Å². The highest BCUT2D eigenvalue weighted by molar-refractivity contribution is 5.85. The first-order valence-corrected chi connectivity index (χ1v) is 5.29. The lowest BCUT2D eigenvalue weighted by Crippen LogP contribution is -2.01. The number of nitrogens with zero attached hydrogens (tertiary/aromatic N) is 2. The van der Waals surface area contributed by atoms with Gasteiger partial charge in [-0.1, -0.05) is 6.07 Å². The smallest absolute Gasteiger partial charge is 0.354 e. The van der Waals surface area contributed by atoms with E-state index in [4.69, 9.17) is 9.84 Å². The van der Waals surface area contributed by atoms with E-state index in [1.165, 1.54) is 12.1 Å². The van der Waals surface area contributed by atoms with Gasteiger partial charge >= 0.3 is 11.7 Å². The molecule has 2 rings (SSSR count). The molecule has 0 unspecified atom stereocenters. The van der Waals surface area contributed by atoms with Crippen molar-refractivity contribution in [1.82, 2.24) is 4.98 Å². The molecule has 0 aliphatic carbocycles. The summed E-state index contributed by atoms with van der Waals surface area (Å²) in [6.45, 7) is 0. The van der Waals surface area contributed by atoms with Crippen LogP contribution in [0.2, 0.25) is 0 Å². The summed E-state index contributed by atoms with van der Waals surface area (Å²) in [5, 5.41) is 19.6. The number of carboxylic acids is 1. The van der Waals surface area contributed by atoms with Crippen molar-refractivity contribution in [2.45, 2.75) is 0 Å². The molecule has 0 fully saturated rings. The Morgan fingerprint density at radius 3 is 2.80 bits per heavy atom. The van der Waals surface area contributed by atoms with Gasteiger partial charge in [-0.05, 0) is 12.1 Å². The van der Waals surface area contributed by atoms with Crippen molar-refractivity contribution in [3.05, 3.63) is 58.2 Å². The number of hydrogen-bond donors (Lipinski definition) is 1. The number of carbonyl (C=O) groups is 1. The summed E-state index contributed by atoms with van der Waals surface area (Å²) in [4.78, 5) is 24.3. The Bertz CT molecular complexity index is 689. The minimum atomic E-state index is -1.29. The summed E-state index contributed by atoms with van der Waals surface area (Å²) in [5.74, 6) is -2.86. The molecule has 1 N–H and O–H groups in total. The molecule has 0 amide bonds. The number of ether oxygens (including phenoxy) is 1. The van der Waals surface area contributed by atoms with Crippen LogP contribution in [0.15, 0.2) is 36.5 Å². The maximum absolute atomic E-state index is 13.6. The zero-order valence-electron chi connectivity index (χ0n) is 9.82. The molecular formula is C12H7FN2O5. The molecular weight excluding hydrogens is 271 g/mol. The van der Waals surface area contributed by atoms with Crippen LogP contribution in [0.1, 0.15) is 10.5 Å². The average molecular weight is 278 g/mol. The van der Waals surface area contributed by atoms with Gasteiger partial charge in [-0.15, -0.1) is 0 Å². The maximum atomic E-state index is 13.6. The molecule has 7 nitrogen and oxygen atoms in total. The van der Waals surface area contributed by atoms with Crippen LogP contribution in [0.25, 0.3) is 0 Å². The molecule has 8 heteroatoms. The standard InChI is InChI=1S/C12H7FN2O5/c13-8-2-1-3-10(15(18)19)11(8)20-7-4-5-14-9(6-7)12(16)17/h1-6H,(H,16,17). The number of aromatic nitrogens is 1. The topological polar surface area (TPSA) is 103 Å². The molecule has 1 aromatic carbocycles. The van der Waals surface area contributed by atoms with Crippen molar-refractivity contribution in [3.8, 4) is 11.5 Å². The number of rotatable bonds is 4. The van der Waals surface area contributed by atoms with Crippen molar-refractivity contribution in [1.29, 1.82) is 0 Å². The Balaban J connectivity index is 2.42. The predicted octanol–water partition coefficient (Wildman–Crippen LogP) is 2.62. The maximum Gasteiger partial charge on any atom is 0.354 e. The molecule has 0 bridgehead atoms. The number of nitro groups is 1. The SMILES string of the molecule is O=C(O)c1cc(Oc2c(F)cccc2[N+](=O)[O-])ccn1. The van der Waals surface area contributed by atoms with Crippen LogP contribution in [-0.2, 0) is 0 Å². The van der Waals surface area contributed by atoms with Crippen molar-refractivity contribution in [2.24, 2.45) is 0 Å². The zero-order chi connectivity index (χ0) is 14.7. The molecule has 0 saturated heterocycles. The van der Waals surface area contributed by atoms with Crippen LogP contribution in [0, 0.1) is 15.9 Å².